The van der Waals surface area contributed by atoms with Crippen LogP contribution in [0.25, 0.3) is 0 Å². The van der Waals surface area contributed by atoms with Gasteiger partial charge in [-0.3, -0.25) is 4.79 Å². The third-order valence-electron chi connectivity index (χ3n) is 3.53. The fourth-order valence-corrected chi connectivity index (χ4v) is 2.59. The van der Waals surface area contributed by atoms with Gasteiger partial charge < -0.3 is 9.84 Å². The maximum Gasteiger partial charge on any atom is 0.331 e. The number of allylic oxidation sites excluding steroid dienone is 2. The molecule has 2 aliphatic carbocycles. The number of carbonyl (C=O) groups is 2. The van der Waals surface area contributed by atoms with E-state index in [1.165, 1.54) is 6.42 Å². The van der Waals surface area contributed by atoms with Crippen LogP contribution >= 0.6 is 0 Å². The van der Waals surface area contributed by atoms with Crippen molar-refractivity contribution >= 4 is 11.9 Å². The van der Waals surface area contributed by atoms with Crippen molar-refractivity contribution in [3.63, 3.8) is 0 Å². The van der Waals surface area contributed by atoms with Crippen LogP contribution < -0.4 is 0 Å². The zero-order chi connectivity index (χ0) is 12.4. The molecule has 0 aliphatic heterocycles. The molecule has 0 aromatic heterocycles. The molecule has 1 fully saturated rings. The summed E-state index contributed by atoms with van der Waals surface area (Å²) in [7, 11) is 0. The van der Waals surface area contributed by atoms with Crippen molar-refractivity contribution < 1.29 is 19.4 Å². The van der Waals surface area contributed by atoms with E-state index in [-0.39, 0.29) is 12.0 Å². The van der Waals surface area contributed by atoms with Crippen LogP contribution in [0.5, 0.6) is 0 Å². The van der Waals surface area contributed by atoms with Crippen molar-refractivity contribution in [2.75, 3.05) is 6.61 Å². The molecule has 4 heteroatoms. The quantitative estimate of drug-likeness (QED) is 0.449. The second-order valence-corrected chi connectivity index (χ2v) is 4.81. The molecule has 17 heavy (non-hydrogen) atoms. The summed E-state index contributed by atoms with van der Waals surface area (Å²) in [5, 5.41) is 8.58. The molecule has 2 rings (SSSR count). The largest absolute Gasteiger partial charge is 0.478 e. The Bertz CT molecular complexity index is 383. The summed E-state index contributed by atoms with van der Waals surface area (Å²) < 4.78 is 5.10. The number of hydrogen-bond donors (Lipinski definition) is 1. The zero-order valence-electron chi connectivity index (χ0n) is 9.59. The number of rotatable bonds is 5. The minimum atomic E-state index is -1.15. The van der Waals surface area contributed by atoms with E-state index in [1.54, 1.807) is 0 Å². The number of carbonyl (C=O) groups excluding carboxylic acids is 1. The number of carboxylic acid groups (broad SMARTS) is 1. The third kappa shape index (κ3) is 2.75. The van der Waals surface area contributed by atoms with E-state index >= 15 is 0 Å². The molecule has 0 saturated heterocycles. The van der Waals surface area contributed by atoms with Crippen molar-refractivity contribution in [1.82, 2.24) is 0 Å². The standard InChI is InChI=1S/C13H16O4/c1-8(13(15)16)4-12(14)17-7-11-6-9-2-3-10(11)5-9/h2-3,9-11H,1,4-7H2,(H,15,16). The lowest BCUT2D eigenvalue weighted by molar-refractivity contribution is -0.146. The van der Waals surface area contributed by atoms with Crippen molar-refractivity contribution in [3.8, 4) is 0 Å². The van der Waals surface area contributed by atoms with Crippen LogP contribution in [0.3, 0.4) is 0 Å². The molecule has 4 nitrogen and oxygen atoms in total. The van der Waals surface area contributed by atoms with Crippen molar-refractivity contribution in [2.45, 2.75) is 19.3 Å². The first-order valence-corrected chi connectivity index (χ1v) is 5.81. The summed E-state index contributed by atoms with van der Waals surface area (Å²) in [6, 6.07) is 0. The minimum Gasteiger partial charge on any atom is -0.478 e. The molecular formula is C13H16O4. The van der Waals surface area contributed by atoms with Crippen LogP contribution in [0.1, 0.15) is 19.3 Å². The van der Waals surface area contributed by atoms with E-state index in [1.807, 2.05) is 0 Å². The van der Waals surface area contributed by atoms with Gasteiger partial charge in [0.05, 0.1) is 13.0 Å². The minimum absolute atomic E-state index is 0.122. The van der Waals surface area contributed by atoms with Gasteiger partial charge in [-0.25, -0.2) is 4.79 Å². The fraction of sp³-hybridized carbons (Fsp3) is 0.538. The lowest BCUT2D eigenvalue weighted by Gasteiger charge is -2.17. The third-order valence-corrected chi connectivity index (χ3v) is 3.53. The molecule has 0 aromatic carbocycles. The molecule has 1 N–H and O–H groups in total. The Labute approximate surface area is 100.0 Å². The first-order valence-electron chi connectivity index (χ1n) is 5.81. The number of carboxylic acids is 1. The Morgan fingerprint density at radius 1 is 1.35 bits per heavy atom. The van der Waals surface area contributed by atoms with Gasteiger partial charge in [0, 0.05) is 5.57 Å². The maximum absolute atomic E-state index is 11.4. The van der Waals surface area contributed by atoms with Gasteiger partial charge in [-0.2, -0.15) is 0 Å². The highest BCUT2D eigenvalue weighted by Gasteiger charge is 2.36. The Balaban J connectivity index is 1.72. The van der Waals surface area contributed by atoms with Crippen LogP contribution in [-0.4, -0.2) is 23.7 Å². The molecule has 0 radical (unpaired) electrons. The Hall–Kier alpha value is -1.58. The van der Waals surface area contributed by atoms with Crippen molar-refractivity contribution in [2.24, 2.45) is 17.8 Å². The lowest BCUT2D eigenvalue weighted by Crippen LogP contribution is -2.18. The summed E-state index contributed by atoms with van der Waals surface area (Å²) in [4.78, 5) is 21.8. The summed E-state index contributed by atoms with van der Waals surface area (Å²) in [6.45, 7) is 3.70. The average molecular weight is 236 g/mol. The van der Waals surface area contributed by atoms with Crippen LogP contribution in [0.15, 0.2) is 24.3 Å². The van der Waals surface area contributed by atoms with Crippen LogP contribution in [0.4, 0.5) is 0 Å². The number of aliphatic carboxylic acids is 1. The highest BCUT2D eigenvalue weighted by atomic mass is 16.5. The van der Waals surface area contributed by atoms with Gasteiger partial charge in [0.1, 0.15) is 0 Å². The molecule has 3 unspecified atom stereocenters. The van der Waals surface area contributed by atoms with Crippen molar-refractivity contribution in [3.05, 3.63) is 24.3 Å². The van der Waals surface area contributed by atoms with Gasteiger partial charge in [0.15, 0.2) is 0 Å². The van der Waals surface area contributed by atoms with E-state index in [0.29, 0.717) is 24.4 Å². The molecule has 1 saturated carbocycles. The smallest absolute Gasteiger partial charge is 0.331 e. The predicted molar refractivity (Wildman–Crippen MR) is 61.2 cm³/mol. The van der Waals surface area contributed by atoms with E-state index in [2.05, 4.69) is 18.7 Å². The van der Waals surface area contributed by atoms with Crippen molar-refractivity contribution in [1.29, 1.82) is 0 Å². The first-order chi connectivity index (χ1) is 8.06. The molecular weight excluding hydrogens is 220 g/mol. The molecule has 0 spiro atoms. The monoisotopic (exact) mass is 236 g/mol. The first kappa shape index (κ1) is 11.9. The maximum atomic E-state index is 11.4. The molecule has 0 amide bonds. The van der Waals surface area contributed by atoms with Gasteiger partial charge in [-0.1, -0.05) is 18.7 Å². The zero-order valence-corrected chi connectivity index (χ0v) is 9.59. The SMILES string of the molecule is C=C(CC(=O)OCC1CC2C=CC1C2)C(=O)O. The van der Waals surface area contributed by atoms with Gasteiger partial charge in [0.2, 0.25) is 0 Å². The van der Waals surface area contributed by atoms with Crippen LogP contribution in [-0.2, 0) is 14.3 Å². The van der Waals surface area contributed by atoms with E-state index in [0.717, 1.165) is 6.42 Å². The summed E-state index contributed by atoms with van der Waals surface area (Å²) in [6.07, 6.45) is 6.45. The highest BCUT2D eigenvalue weighted by molar-refractivity contribution is 5.91. The molecule has 0 heterocycles. The molecule has 0 aromatic rings. The number of hydrogen-bond acceptors (Lipinski definition) is 3. The Kier molecular flexibility index (Phi) is 3.31. The second-order valence-electron chi connectivity index (χ2n) is 4.81. The topological polar surface area (TPSA) is 63.6 Å². The summed E-state index contributed by atoms with van der Waals surface area (Å²) >= 11 is 0. The normalized spacial score (nSPS) is 29.3. The number of ether oxygens (including phenoxy) is 1. The van der Waals surface area contributed by atoms with Gasteiger partial charge in [-0.05, 0) is 30.6 Å². The summed E-state index contributed by atoms with van der Waals surface area (Å²) in [5.41, 5.74) is -0.122. The van der Waals surface area contributed by atoms with E-state index < -0.39 is 11.9 Å². The molecule has 92 valence electrons. The molecule has 2 aliphatic rings. The lowest BCUT2D eigenvalue weighted by atomic mass is 9.95. The Morgan fingerprint density at radius 2 is 2.12 bits per heavy atom. The highest BCUT2D eigenvalue weighted by Crippen LogP contribution is 2.43. The number of esters is 1. The fourth-order valence-electron chi connectivity index (χ4n) is 2.59. The number of fused-ring (bicyclic) bond motifs is 2. The second kappa shape index (κ2) is 4.73. The van der Waals surface area contributed by atoms with Gasteiger partial charge in [0.25, 0.3) is 0 Å². The van der Waals surface area contributed by atoms with E-state index in [4.69, 9.17) is 9.84 Å². The van der Waals surface area contributed by atoms with Gasteiger partial charge >= 0.3 is 11.9 Å². The van der Waals surface area contributed by atoms with Gasteiger partial charge in [-0.15, -0.1) is 0 Å². The molecule has 2 bridgehead atoms. The predicted octanol–water partition coefficient (Wildman–Crippen LogP) is 1.77. The van der Waals surface area contributed by atoms with E-state index in [9.17, 15) is 9.59 Å². The van der Waals surface area contributed by atoms with Crippen LogP contribution in [0, 0.1) is 17.8 Å². The molecule has 3 atom stereocenters. The van der Waals surface area contributed by atoms with Crippen LogP contribution in [0.2, 0.25) is 0 Å². The Morgan fingerprint density at radius 3 is 2.65 bits per heavy atom. The average Bonchev–Trinajstić information content (AvgIpc) is 2.87. The summed E-state index contributed by atoms with van der Waals surface area (Å²) in [5.74, 6) is -0.0471.